The fraction of sp³-hybridized carbons (Fsp3) is 0.474. The summed E-state index contributed by atoms with van der Waals surface area (Å²) in [5.74, 6) is 0.450. The Hall–Kier alpha value is -2.55. The summed E-state index contributed by atoms with van der Waals surface area (Å²) in [5, 5.41) is 3.34. The van der Waals surface area contributed by atoms with Crippen LogP contribution in [0.25, 0.3) is 11.0 Å². The molecule has 9 heteroatoms. The number of carbonyl (C=O) groups is 1. The van der Waals surface area contributed by atoms with Crippen molar-refractivity contribution in [3.8, 4) is 11.5 Å². The maximum atomic E-state index is 12.5. The van der Waals surface area contributed by atoms with Crippen molar-refractivity contribution in [3.63, 3.8) is 0 Å². The van der Waals surface area contributed by atoms with Gasteiger partial charge in [0.05, 0.1) is 48.6 Å². The third kappa shape index (κ3) is 3.84. The quantitative estimate of drug-likeness (QED) is 0.742. The molecule has 0 aliphatic carbocycles. The van der Waals surface area contributed by atoms with Crippen molar-refractivity contribution in [2.24, 2.45) is 0 Å². The summed E-state index contributed by atoms with van der Waals surface area (Å²) in [5.41, 5.74) is -0.370. The second-order valence-electron chi connectivity index (χ2n) is 7.32. The lowest BCUT2D eigenvalue weighted by Gasteiger charge is -2.24. The number of ether oxygens (including phenoxy) is 2. The number of fused-ring (bicyclic) bond motifs is 1. The molecule has 3 rings (SSSR count). The van der Waals surface area contributed by atoms with Crippen LogP contribution in [0.5, 0.6) is 11.5 Å². The van der Waals surface area contributed by atoms with Gasteiger partial charge in [0, 0.05) is 12.1 Å². The van der Waals surface area contributed by atoms with Crippen molar-refractivity contribution in [1.29, 1.82) is 0 Å². The molecule has 0 bridgehead atoms. The van der Waals surface area contributed by atoms with E-state index >= 15 is 0 Å². The third-order valence-electron chi connectivity index (χ3n) is 5.05. The molecule has 0 unspecified atom stereocenters. The molecule has 1 saturated heterocycles. The Morgan fingerprint density at radius 3 is 2.57 bits per heavy atom. The standard InChI is InChI=1S/C19H23NO7S/c1-11-13(9-16(21)20-19(2)5-6-28(23,24)10-19)18(22)27-15-8-12(25-3)7-14(26-4)17(11)15/h7-8H,5-6,9-10H2,1-4H3,(H,20,21)/t19-/m0/s1. The molecule has 2 aromatic rings. The van der Waals surface area contributed by atoms with Crippen LogP contribution in [0.15, 0.2) is 21.3 Å². The lowest BCUT2D eigenvalue weighted by molar-refractivity contribution is -0.122. The number of hydrogen-bond acceptors (Lipinski definition) is 7. The molecule has 152 valence electrons. The Morgan fingerprint density at radius 1 is 1.29 bits per heavy atom. The molecule has 8 nitrogen and oxygen atoms in total. The molecular formula is C19H23NO7S. The van der Waals surface area contributed by atoms with Crippen molar-refractivity contribution in [1.82, 2.24) is 5.32 Å². The van der Waals surface area contributed by atoms with Crippen molar-refractivity contribution in [2.45, 2.75) is 32.2 Å². The van der Waals surface area contributed by atoms with Gasteiger partial charge in [-0.3, -0.25) is 4.79 Å². The molecule has 1 aromatic heterocycles. The minimum absolute atomic E-state index is 0.0416. The third-order valence-corrected chi connectivity index (χ3v) is 6.96. The van der Waals surface area contributed by atoms with Crippen LogP contribution < -0.4 is 20.4 Å². The van der Waals surface area contributed by atoms with Crippen LogP contribution in [-0.4, -0.2) is 45.6 Å². The number of sulfone groups is 1. The first kappa shape index (κ1) is 20.2. The molecule has 1 fully saturated rings. The zero-order chi connectivity index (χ0) is 20.7. The molecule has 0 radical (unpaired) electrons. The number of benzene rings is 1. The smallest absolute Gasteiger partial charge is 0.340 e. The molecule has 1 aromatic carbocycles. The SMILES string of the molecule is COc1cc(OC)c2c(C)c(CC(=O)N[C@@]3(C)CCS(=O)(=O)C3)c(=O)oc2c1. The van der Waals surface area contributed by atoms with Gasteiger partial charge in [-0.05, 0) is 25.8 Å². The van der Waals surface area contributed by atoms with Crippen LogP contribution in [0.4, 0.5) is 0 Å². The summed E-state index contributed by atoms with van der Waals surface area (Å²) >= 11 is 0. The fourth-order valence-corrected chi connectivity index (χ4v) is 5.71. The van der Waals surface area contributed by atoms with E-state index in [1.165, 1.54) is 14.2 Å². The molecular weight excluding hydrogens is 386 g/mol. The van der Waals surface area contributed by atoms with Gasteiger partial charge in [0.15, 0.2) is 9.84 Å². The first-order valence-electron chi connectivity index (χ1n) is 8.77. The van der Waals surface area contributed by atoms with Crippen LogP contribution in [0.3, 0.4) is 0 Å². The maximum absolute atomic E-state index is 12.5. The maximum Gasteiger partial charge on any atom is 0.340 e. The molecule has 1 N–H and O–H groups in total. The summed E-state index contributed by atoms with van der Waals surface area (Å²) < 4.78 is 39.4. The number of aryl methyl sites for hydroxylation is 1. The van der Waals surface area contributed by atoms with E-state index in [1.54, 1.807) is 26.0 Å². The summed E-state index contributed by atoms with van der Waals surface area (Å²) in [7, 11) is -0.170. The van der Waals surface area contributed by atoms with Crippen molar-refractivity contribution in [2.75, 3.05) is 25.7 Å². The van der Waals surface area contributed by atoms with Gasteiger partial charge >= 0.3 is 5.63 Å². The molecule has 1 amide bonds. The number of methoxy groups -OCH3 is 2. The second-order valence-corrected chi connectivity index (χ2v) is 9.51. The number of nitrogens with one attached hydrogen (secondary N) is 1. The van der Waals surface area contributed by atoms with Gasteiger partial charge in [0.1, 0.15) is 17.1 Å². The number of amides is 1. The Labute approximate surface area is 162 Å². The minimum Gasteiger partial charge on any atom is -0.496 e. The number of rotatable bonds is 5. The van der Waals surface area contributed by atoms with Gasteiger partial charge in [-0.2, -0.15) is 0 Å². The van der Waals surface area contributed by atoms with Gasteiger partial charge in [-0.15, -0.1) is 0 Å². The van der Waals surface area contributed by atoms with Crippen LogP contribution in [-0.2, 0) is 21.1 Å². The monoisotopic (exact) mass is 409 g/mol. The van der Waals surface area contributed by atoms with Crippen molar-refractivity contribution >= 4 is 26.7 Å². The van der Waals surface area contributed by atoms with Crippen LogP contribution in [0.1, 0.15) is 24.5 Å². The van der Waals surface area contributed by atoms with E-state index in [4.69, 9.17) is 13.9 Å². The summed E-state index contributed by atoms with van der Waals surface area (Å²) in [6.45, 7) is 3.42. The normalized spacial score (nSPS) is 20.9. The predicted octanol–water partition coefficient (Wildman–Crippen LogP) is 1.35. The highest BCUT2D eigenvalue weighted by molar-refractivity contribution is 7.91. The zero-order valence-electron chi connectivity index (χ0n) is 16.2. The largest absolute Gasteiger partial charge is 0.496 e. The highest BCUT2D eigenvalue weighted by atomic mass is 32.2. The highest BCUT2D eigenvalue weighted by Gasteiger charge is 2.39. The van der Waals surface area contributed by atoms with E-state index in [9.17, 15) is 18.0 Å². The van der Waals surface area contributed by atoms with E-state index in [-0.39, 0.29) is 23.5 Å². The van der Waals surface area contributed by atoms with E-state index in [2.05, 4.69) is 5.32 Å². The topological polar surface area (TPSA) is 112 Å². The van der Waals surface area contributed by atoms with Gasteiger partial charge in [-0.1, -0.05) is 0 Å². The molecule has 1 aliphatic rings. The molecule has 0 spiro atoms. The van der Waals surface area contributed by atoms with E-state index in [0.717, 1.165) is 0 Å². The van der Waals surface area contributed by atoms with Gasteiger partial charge in [0.2, 0.25) is 5.91 Å². The number of carbonyl (C=O) groups excluding carboxylic acids is 1. The van der Waals surface area contributed by atoms with E-state index in [0.29, 0.717) is 34.5 Å². The van der Waals surface area contributed by atoms with Crippen LogP contribution >= 0.6 is 0 Å². The average molecular weight is 409 g/mol. The van der Waals surface area contributed by atoms with E-state index < -0.39 is 26.9 Å². The summed E-state index contributed by atoms with van der Waals surface area (Å²) in [6.07, 6.45) is 0.134. The molecule has 1 aliphatic heterocycles. The van der Waals surface area contributed by atoms with Gasteiger partial charge < -0.3 is 19.2 Å². The number of hydrogen-bond donors (Lipinski definition) is 1. The molecule has 0 saturated carbocycles. The second kappa shape index (κ2) is 7.12. The first-order valence-corrected chi connectivity index (χ1v) is 10.6. The van der Waals surface area contributed by atoms with Crippen molar-refractivity contribution in [3.05, 3.63) is 33.7 Å². The van der Waals surface area contributed by atoms with Crippen LogP contribution in [0, 0.1) is 6.92 Å². The van der Waals surface area contributed by atoms with Crippen molar-refractivity contribution < 1.29 is 27.1 Å². The Morgan fingerprint density at radius 2 is 2.00 bits per heavy atom. The minimum atomic E-state index is -3.16. The Bertz CT molecular complexity index is 1100. The van der Waals surface area contributed by atoms with E-state index in [1.807, 2.05) is 0 Å². The zero-order valence-corrected chi connectivity index (χ0v) is 17.1. The molecule has 28 heavy (non-hydrogen) atoms. The van der Waals surface area contributed by atoms with Gasteiger partial charge in [0.25, 0.3) is 0 Å². The average Bonchev–Trinajstić information content (AvgIpc) is 2.89. The Balaban J connectivity index is 1.95. The molecule has 1 atom stereocenters. The summed E-state index contributed by atoms with van der Waals surface area (Å²) in [4.78, 5) is 25.0. The van der Waals surface area contributed by atoms with Crippen LogP contribution in [0.2, 0.25) is 0 Å². The van der Waals surface area contributed by atoms with Gasteiger partial charge in [-0.25, -0.2) is 13.2 Å². The lowest BCUT2D eigenvalue weighted by atomic mass is 9.99. The Kier molecular flexibility index (Phi) is 5.14. The predicted molar refractivity (Wildman–Crippen MR) is 104 cm³/mol. The first-order chi connectivity index (χ1) is 13.1. The molecule has 2 heterocycles. The lowest BCUT2D eigenvalue weighted by Crippen LogP contribution is -2.47. The summed E-state index contributed by atoms with van der Waals surface area (Å²) in [6, 6.07) is 3.25. The fourth-order valence-electron chi connectivity index (χ4n) is 3.62. The highest BCUT2D eigenvalue weighted by Crippen LogP contribution is 2.33.